The van der Waals surface area contributed by atoms with E-state index in [0.29, 0.717) is 36.9 Å². The molecule has 192 valence electrons. The Kier molecular flexibility index (Phi) is 9.64. The number of benzene rings is 1. The van der Waals surface area contributed by atoms with Crippen LogP contribution in [-0.4, -0.2) is 41.5 Å². The lowest BCUT2D eigenvalue weighted by atomic mass is 9.97. The predicted octanol–water partition coefficient (Wildman–Crippen LogP) is 5.55. The maximum absolute atomic E-state index is 13.6. The van der Waals surface area contributed by atoms with Crippen molar-refractivity contribution in [2.24, 2.45) is 11.8 Å². The van der Waals surface area contributed by atoms with E-state index in [-0.39, 0.29) is 37.0 Å². The van der Waals surface area contributed by atoms with Crippen LogP contribution in [-0.2, 0) is 22.7 Å². The Morgan fingerprint density at radius 3 is 2.43 bits per heavy atom. The summed E-state index contributed by atoms with van der Waals surface area (Å²) in [5.74, 6) is 3.11. The number of carbonyl (C=O) groups excluding carboxylic acids is 2. The fourth-order valence-electron chi connectivity index (χ4n) is 4.40. The molecule has 1 unspecified atom stereocenters. The van der Waals surface area contributed by atoms with E-state index in [1.807, 2.05) is 37.3 Å². The maximum atomic E-state index is 13.6. The summed E-state index contributed by atoms with van der Waals surface area (Å²) in [6.45, 7) is 11.8. The minimum atomic E-state index is -0.101. The Bertz CT molecular complexity index is 983. The summed E-state index contributed by atoms with van der Waals surface area (Å²) < 4.78 is 16.7. The van der Waals surface area contributed by atoms with Crippen molar-refractivity contribution in [3.63, 3.8) is 0 Å². The molecule has 0 N–H and O–H groups in total. The lowest BCUT2D eigenvalue weighted by Gasteiger charge is -2.31. The van der Waals surface area contributed by atoms with Gasteiger partial charge in [-0.25, -0.2) is 0 Å². The van der Waals surface area contributed by atoms with Gasteiger partial charge in [-0.05, 0) is 55.5 Å². The van der Waals surface area contributed by atoms with Gasteiger partial charge >= 0.3 is 0 Å². The van der Waals surface area contributed by atoms with Crippen LogP contribution in [0, 0.1) is 18.8 Å². The monoisotopic (exact) mass is 484 g/mol. The van der Waals surface area contributed by atoms with Gasteiger partial charge in [0.1, 0.15) is 11.5 Å². The topological polar surface area (TPSA) is 72.2 Å². The van der Waals surface area contributed by atoms with E-state index in [1.54, 1.807) is 9.80 Å². The van der Waals surface area contributed by atoms with Crippen LogP contribution in [0.1, 0.15) is 70.5 Å². The molecule has 0 saturated carbocycles. The molecule has 3 rings (SSSR count). The van der Waals surface area contributed by atoms with E-state index in [4.69, 9.17) is 13.9 Å². The first-order chi connectivity index (χ1) is 16.8. The highest BCUT2D eigenvalue weighted by Gasteiger charge is 2.27. The van der Waals surface area contributed by atoms with Crippen LogP contribution in [0.25, 0.3) is 0 Å². The lowest BCUT2D eigenvalue weighted by molar-refractivity contribution is -0.144. The number of amides is 2. The van der Waals surface area contributed by atoms with Crippen molar-refractivity contribution in [2.75, 3.05) is 19.9 Å². The zero-order valence-corrected chi connectivity index (χ0v) is 21.8. The van der Waals surface area contributed by atoms with Crippen LogP contribution in [0.4, 0.5) is 0 Å². The summed E-state index contributed by atoms with van der Waals surface area (Å²) >= 11 is 0. The van der Waals surface area contributed by atoms with Gasteiger partial charge in [0, 0.05) is 19.0 Å². The average molecular weight is 485 g/mol. The quantitative estimate of drug-likeness (QED) is 0.373. The van der Waals surface area contributed by atoms with Gasteiger partial charge in [0.25, 0.3) is 0 Å². The van der Waals surface area contributed by atoms with Gasteiger partial charge in [-0.3, -0.25) is 9.59 Å². The Labute approximate surface area is 209 Å². The van der Waals surface area contributed by atoms with Crippen LogP contribution >= 0.6 is 0 Å². The molecule has 1 aliphatic rings. The number of furan rings is 1. The zero-order chi connectivity index (χ0) is 25.4. The first-order valence-electron chi connectivity index (χ1n) is 12.8. The summed E-state index contributed by atoms with van der Waals surface area (Å²) in [6.07, 6.45) is 3.72. The zero-order valence-electron chi connectivity index (χ0n) is 21.8. The van der Waals surface area contributed by atoms with Gasteiger partial charge in [-0.2, -0.15) is 0 Å². The maximum Gasteiger partial charge on any atom is 0.242 e. The van der Waals surface area contributed by atoms with Gasteiger partial charge < -0.3 is 23.7 Å². The third-order valence-corrected chi connectivity index (χ3v) is 6.28. The van der Waals surface area contributed by atoms with Gasteiger partial charge in [-0.15, -0.1) is 0 Å². The molecule has 1 aromatic carbocycles. The van der Waals surface area contributed by atoms with Crippen molar-refractivity contribution < 1.29 is 23.5 Å². The molecule has 2 heterocycles. The second-order valence-electron chi connectivity index (χ2n) is 9.81. The fraction of sp³-hybridized carbons (Fsp3) is 0.571. The standard InChI is InChI=1S/C28H40N2O5/c1-6-8-9-23(7-2)28(32)30(15-20(3)4)18-27(31)29(17-24-12-10-21(5)35-24)16-22-11-13-25-26(14-22)34-19-33-25/h10-14,20,23H,6-9,15-19H2,1-5H3. The van der Waals surface area contributed by atoms with Crippen molar-refractivity contribution in [1.29, 1.82) is 0 Å². The summed E-state index contributed by atoms with van der Waals surface area (Å²) in [4.78, 5) is 30.6. The molecule has 0 spiro atoms. The largest absolute Gasteiger partial charge is 0.464 e. The summed E-state index contributed by atoms with van der Waals surface area (Å²) in [7, 11) is 0. The number of carbonyl (C=O) groups is 2. The molecule has 7 heteroatoms. The van der Waals surface area contributed by atoms with E-state index in [9.17, 15) is 9.59 Å². The first-order valence-corrected chi connectivity index (χ1v) is 12.8. The molecule has 1 atom stereocenters. The highest BCUT2D eigenvalue weighted by molar-refractivity contribution is 5.86. The van der Waals surface area contributed by atoms with Gasteiger partial charge in [0.05, 0.1) is 13.1 Å². The van der Waals surface area contributed by atoms with Crippen LogP contribution in [0.3, 0.4) is 0 Å². The Morgan fingerprint density at radius 1 is 1.00 bits per heavy atom. The number of hydrogen-bond acceptors (Lipinski definition) is 5. The van der Waals surface area contributed by atoms with Crippen molar-refractivity contribution in [3.8, 4) is 11.5 Å². The number of ether oxygens (including phenoxy) is 2. The predicted molar refractivity (Wildman–Crippen MR) is 135 cm³/mol. The van der Waals surface area contributed by atoms with Crippen molar-refractivity contribution in [1.82, 2.24) is 9.80 Å². The molecule has 0 saturated heterocycles. The number of nitrogens with zero attached hydrogens (tertiary/aromatic N) is 2. The van der Waals surface area contributed by atoms with Crippen molar-refractivity contribution >= 4 is 11.8 Å². The second-order valence-corrected chi connectivity index (χ2v) is 9.81. The summed E-state index contributed by atoms with van der Waals surface area (Å²) in [6, 6.07) is 9.50. The second kappa shape index (κ2) is 12.7. The Morgan fingerprint density at radius 2 is 1.77 bits per heavy atom. The van der Waals surface area contributed by atoms with E-state index in [2.05, 4.69) is 27.7 Å². The molecule has 0 bridgehead atoms. The summed E-state index contributed by atoms with van der Waals surface area (Å²) in [5, 5.41) is 0. The molecule has 0 fully saturated rings. The molecule has 2 aromatic rings. The minimum absolute atomic E-state index is 0.0449. The SMILES string of the molecule is CCCCC(CC)C(=O)N(CC(=O)N(Cc1ccc2c(c1)OCO2)Cc1ccc(C)o1)CC(C)C. The Hall–Kier alpha value is -2.96. The summed E-state index contributed by atoms with van der Waals surface area (Å²) in [5.41, 5.74) is 0.932. The van der Waals surface area contributed by atoms with Gasteiger partial charge in [0.15, 0.2) is 11.5 Å². The minimum Gasteiger partial charge on any atom is -0.464 e. The van der Waals surface area contributed by atoms with E-state index < -0.39 is 0 Å². The van der Waals surface area contributed by atoms with Crippen molar-refractivity contribution in [2.45, 2.75) is 73.4 Å². The van der Waals surface area contributed by atoms with E-state index in [0.717, 1.165) is 37.0 Å². The van der Waals surface area contributed by atoms with Crippen LogP contribution in [0.5, 0.6) is 11.5 Å². The van der Waals surface area contributed by atoms with Gasteiger partial charge in [0.2, 0.25) is 18.6 Å². The third-order valence-electron chi connectivity index (χ3n) is 6.28. The average Bonchev–Trinajstić information content (AvgIpc) is 3.46. The van der Waals surface area contributed by atoms with Crippen LogP contribution < -0.4 is 9.47 Å². The number of unbranched alkanes of at least 4 members (excludes halogenated alkanes) is 1. The third kappa shape index (κ3) is 7.51. The molecule has 2 amide bonds. The molecule has 0 radical (unpaired) electrons. The highest BCUT2D eigenvalue weighted by atomic mass is 16.7. The van der Waals surface area contributed by atoms with E-state index in [1.165, 1.54) is 0 Å². The van der Waals surface area contributed by atoms with E-state index >= 15 is 0 Å². The Balaban J connectivity index is 1.79. The number of fused-ring (bicyclic) bond motifs is 1. The fourth-order valence-corrected chi connectivity index (χ4v) is 4.40. The molecule has 1 aliphatic heterocycles. The molecule has 1 aromatic heterocycles. The molecular formula is C28H40N2O5. The van der Waals surface area contributed by atoms with Crippen LogP contribution in [0.2, 0.25) is 0 Å². The molecule has 35 heavy (non-hydrogen) atoms. The molecular weight excluding hydrogens is 444 g/mol. The number of hydrogen-bond donors (Lipinski definition) is 0. The molecule has 0 aliphatic carbocycles. The molecule has 7 nitrogen and oxygen atoms in total. The van der Waals surface area contributed by atoms with Crippen molar-refractivity contribution in [3.05, 3.63) is 47.4 Å². The highest BCUT2D eigenvalue weighted by Crippen LogP contribution is 2.33. The normalized spacial score (nSPS) is 13.2. The lowest BCUT2D eigenvalue weighted by Crippen LogP contribution is -2.46. The smallest absolute Gasteiger partial charge is 0.242 e. The van der Waals surface area contributed by atoms with Crippen LogP contribution in [0.15, 0.2) is 34.7 Å². The first kappa shape index (κ1) is 26.6. The number of rotatable bonds is 13. The van der Waals surface area contributed by atoms with Gasteiger partial charge in [-0.1, -0.05) is 46.6 Å². The number of aryl methyl sites for hydroxylation is 1.